The zero-order chi connectivity index (χ0) is 30.7. The average molecular weight is 606 g/mol. The van der Waals surface area contributed by atoms with Gasteiger partial charge in [0, 0.05) is 33.0 Å². The highest BCUT2D eigenvalue weighted by molar-refractivity contribution is 5.88. The Kier molecular flexibility index (Phi) is 8.91. The predicted octanol–water partition coefficient (Wildman–Crippen LogP) is 5.34. The smallest absolute Gasteiger partial charge is 0.408 e. The number of nitrogens with zero attached hydrogens (tertiary/aromatic N) is 3. The molecule has 0 radical (unpaired) electrons. The van der Waals surface area contributed by atoms with E-state index in [9.17, 15) is 27.2 Å². The lowest BCUT2D eigenvalue weighted by molar-refractivity contribution is -0.132. The van der Waals surface area contributed by atoms with Crippen molar-refractivity contribution in [2.45, 2.75) is 75.4 Å². The van der Waals surface area contributed by atoms with Crippen molar-refractivity contribution >= 4 is 17.6 Å². The van der Waals surface area contributed by atoms with Crippen molar-refractivity contribution in [1.29, 1.82) is 0 Å². The molecule has 2 aromatic heterocycles. The van der Waals surface area contributed by atoms with Crippen LogP contribution in [0.4, 0.5) is 22.4 Å². The number of aromatic nitrogens is 3. The molecule has 0 bridgehead atoms. The first-order chi connectivity index (χ1) is 20.4. The maximum atomic E-state index is 14.0. The monoisotopic (exact) mass is 605 g/mol. The Labute approximate surface area is 246 Å². The Bertz CT molecular complexity index is 1410. The quantitative estimate of drug-likeness (QED) is 0.319. The number of imidazole rings is 1. The summed E-state index contributed by atoms with van der Waals surface area (Å²) < 4.78 is 67.4. The van der Waals surface area contributed by atoms with Crippen molar-refractivity contribution in [3.63, 3.8) is 0 Å². The number of alkyl halides is 4. The number of fused-ring (bicyclic) bond motifs is 1. The first kappa shape index (κ1) is 30.7. The molecule has 3 heterocycles. The van der Waals surface area contributed by atoms with Gasteiger partial charge >= 0.3 is 6.09 Å². The molecule has 5 rings (SSSR count). The number of hydrogen-bond acceptors (Lipinski definition) is 6. The number of hydrogen-bond donors (Lipinski definition) is 2. The van der Waals surface area contributed by atoms with Crippen LogP contribution in [0.5, 0.6) is 0 Å². The summed E-state index contributed by atoms with van der Waals surface area (Å²) in [7, 11) is 0. The summed E-state index contributed by atoms with van der Waals surface area (Å²) in [6.45, 7) is 0.509. The van der Waals surface area contributed by atoms with Gasteiger partial charge in [-0.2, -0.15) is 5.10 Å². The topological polar surface area (TPSA) is 107 Å². The number of nitrogens with one attached hydrogen (secondary N) is 2. The number of carbonyl (C=O) groups excluding carboxylic acids is 2. The summed E-state index contributed by atoms with van der Waals surface area (Å²) in [5.74, 6) is -6.70. The minimum Gasteiger partial charge on any atom is -0.445 e. The number of amides is 2. The molecule has 232 valence electrons. The Hall–Kier alpha value is -3.74. The molecule has 1 aromatic carbocycles. The van der Waals surface area contributed by atoms with Crippen LogP contribution in [0, 0.1) is 5.92 Å². The molecule has 3 aromatic rings. The number of rotatable bonds is 9. The third-order valence-corrected chi connectivity index (χ3v) is 8.27. The molecule has 1 saturated carbocycles. The zero-order valence-electron chi connectivity index (χ0n) is 23.8. The van der Waals surface area contributed by atoms with Crippen LogP contribution in [0.15, 0.2) is 48.8 Å². The first-order valence-electron chi connectivity index (χ1n) is 14.4. The van der Waals surface area contributed by atoms with Crippen LogP contribution in [0.25, 0.3) is 5.65 Å². The molecular weight excluding hydrogens is 570 g/mol. The second kappa shape index (κ2) is 12.5. The summed E-state index contributed by atoms with van der Waals surface area (Å²) >= 11 is 0. The fraction of sp³-hybridized carbons (Fsp3) is 0.533. The maximum Gasteiger partial charge on any atom is 0.408 e. The standard InChI is InChI=1S/C30H35F4N5O4/c1-28(31,32)19-35-26(40)29(11-13-42-14-12-29)22-15-24-37-23(17-39(24)36-16-22)25(21-7-9-30(33,34)10-8-21)38-27(41)43-18-20-5-3-2-4-6-20/h2-6,15-17,21,25H,7-14,18-19H2,1H3,(H,35,40)(H,38,41). The molecule has 13 heteroatoms. The lowest BCUT2D eigenvalue weighted by Crippen LogP contribution is -2.50. The number of carbonyl (C=O) groups is 2. The zero-order valence-corrected chi connectivity index (χ0v) is 23.8. The minimum atomic E-state index is -3.07. The van der Waals surface area contributed by atoms with Crippen LogP contribution >= 0.6 is 0 Å². The summed E-state index contributed by atoms with van der Waals surface area (Å²) in [5, 5.41) is 9.65. The maximum absolute atomic E-state index is 14.0. The van der Waals surface area contributed by atoms with E-state index in [4.69, 9.17) is 9.47 Å². The third kappa shape index (κ3) is 7.43. The molecule has 2 aliphatic rings. The summed E-state index contributed by atoms with van der Waals surface area (Å²) in [5.41, 5.74) is 0.925. The summed E-state index contributed by atoms with van der Waals surface area (Å²) in [6.07, 6.45) is 2.70. The van der Waals surface area contributed by atoms with Crippen LogP contribution in [0.3, 0.4) is 0 Å². The van der Waals surface area contributed by atoms with Gasteiger partial charge in [-0.05, 0) is 48.8 Å². The van der Waals surface area contributed by atoms with Gasteiger partial charge in [0.1, 0.15) is 6.61 Å². The van der Waals surface area contributed by atoms with E-state index in [0.29, 0.717) is 16.9 Å². The highest BCUT2D eigenvalue weighted by Gasteiger charge is 2.43. The van der Waals surface area contributed by atoms with Gasteiger partial charge in [0.25, 0.3) is 5.92 Å². The van der Waals surface area contributed by atoms with E-state index in [0.717, 1.165) is 12.5 Å². The highest BCUT2D eigenvalue weighted by Crippen LogP contribution is 2.42. The van der Waals surface area contributed by atoms with Gasteiger partial charge in [-0.15, -0.1) is 0 Å². The molecule has 1 aliphatic heterocycles. The number of benzene rings is 1. The fourth-order valence-electron chi connectivity index (χ4n) is 5.80. The molecule has 1 atom stereocenters. The Morgan fingerprint density at radius 2 is 1.84 bits per heavy atom. The lowest BCUT2D eigenvalue weighted by atomic mass is 9.74. The van der Waals surface area contributed by atoms with Gasteiger partial charge in [-0.3, -0.25) is 4.79 Å². The van der Waals surface area contributed by atoms with E-state index in [-0.39, 0.29) is 64.3 Å². The van der Waals surface area contributed by atoms with Crippen LogP contribution in [-0.4, -0.2) is 58.2 Å². The molecular formula is C30H35F4N5O4. The van der Waals surface area contributed by atoms with Crippen molar-refractivity contribution in [2.75, 3.05) is 19.8 Å². The molecule has 2 fully saturated rings. The van der Waals surface area contributed by atoms with Gasteiger partial charge in [0.05, 0.1) is 36.1 Å². The third-order valence-electron chi connectivity index (χ3n) is 8.27. The molecule has 0 spiro atoms. The lowest BCUT2D eigenvalue weighted by Gasteiger charge is -2.36. The van der Waals surface area contributed by atoms with E-state index >= 15 is 0 Å². The molecule has 1 saturated heterocycles. The predicted molar refractivity (Wildman–Crippen MR) is 148 cm³/mol. The second-order valence-corrected chi connectivity index (χ2v) is 11.5. The minimum absolute atomic E-state index is 0.0377. The van der Waals surface area contributed by atoms with E-state index in [2.05, 4.69) is 20.7 Å². The number of alkyl carbamates (subject to hydrolysis) is 1. The van der Waals surface area contributed by atoms with Crippen LogP contribution in [0.2, 0.25) is 0 Å². The van der Waals surface area contributed by atoms with Gasteiger partial charge in [0.15, 0.2) is 5.65 Å². The van der Waals surface area contributed by atoms with Crippen molar-refractivity contribution in [3.05, 3.63) is 65.6 Å². The van der Waals surface area contributed by atoms with Crippen LogP contribution in [0.1, 0.15) is 68.3 Å². The molecule has 1 unspecified atom stereocenters. The van der Waals surface area contributed by atoms with E-state index in [1.165, 1.54) is 10.7 Å². The SMILES string of the molecule is CC(F)(F)CNC(=O)C1(c2cnn3cc(C(NC(=O)OCc4ccccc4)C4CCC(F)(F)CC4)nc3c2)CCOCC1. The number of halogens is 4. The average Bonchev–Trinajstić information content (AvgIpc) is 3.41. The van der Waals surface area contributed by atoms with Gasteiger partial charge in [0.2, 0.25) is 11.8 Å². The van der Waals surface area contributed by atoms with Crippen molar-refractivity contribution < 1.29 is 36.6 Å². The van der Waals surface area contributed by atoms with Gasteiger partial charge in [-0.25, -0.2) is 31.9 Å². The van der Waals surface area contributed by atoms with Crippen molar-refractivity contribution in [3.8, 4) is 0 Å². The van der Waals surface area contributed by atoms with Crippen LogP contribution < -0.4 is 10.6 Å². The molecule has 2 amide bonds. The Morgan fingerprint density at radius 3 is 2.51 bits per heavy atom. The molecule has 2 N–H and O–H groups in total. The largest absolute Gasteiger partial charge is 0.445 e. The van der Waals surface area contributed by atoms with E-state index < -0.39 is 41.8 Å². The van der Waals surface area contributed by atoms with Gasteiger partial charge in [-0.1, -0.05) is 30.3 Å². The Morgan fingerprint density at radius 1 is 1.14 bits per heavy atom. The molecule has 43 heavy (non-hydrogen) atoms. The normalized spacial score (nSPS) is 19.5. The first-order valence-corrected chi connectivity index (χ1v) is 14.4. The van der Waals surface area contributed by atoms with Crippen molar-refractivity contribution in [1.82, 2.24) is 25.2 Å². The number of ether oxygens (including phenoxy) is 2. The summed E-state index contributed by atoms with van der Waals surface area (Å²) in [4.78, 5) is 30.8. The fourth-order valence-corrected chi connectivity index (χ4v) is 5.80. The van der Waals surface area contributed by atoms with E-state index in [1.807, 2.05) is 30.3 Å². The van der Waals surface area contributed by atoms with Crippen molar-refractivity contribution in [2.24, 2.45) is 5.92 Å². The highest BCUT2D eigenvalue weighted by atomic mass is 19.3. The van der Waals surface area contributed by atoms with Crippen LogP contribution in [-0.2, 0) is 26.3 Å². The second-order valence-electron chi connectivity index (χ2n) is 11.5. The van der Waals surface area contributed by atoms with E-state index in [1.54, 1.807) is 12.3 Å². The molecule has 1 aliphatic carbocycles. The Balaban J connectivity index is 1.41. The summed E-state index contributed by atoms with van der Waals surface area (Å²) in [6, 6.07) is 10.1. The molecule has 9 nitrogen and oxygen atoms in total. The van der Waals surface area contributed by atoms with Gasteiger partial charge < -0.3 is 20.1 Å².